The first-order valence-electron chi connectivity index (χ1n) is 8.07. The number of aliphatic carboxylic acids is 1. The Morgan fingerprint density at radius 3 is 2.09 bits per heavy atom. The van der Waals surface area contributed by atoms with Crippen molar-refractivity contribution in [3.8, 4) is 0 Å². The molecule has 134 valence electrons. The third-order valence-corrected chi connectivity index (χ3v) is 9.22. The number of carbonyl (C=O) groups excluding carboxylic acids is 1. The summed E-state index contributed by atoms with van der Waals surface area (Å²) in [7, 11) is -1.86. The maximum absolute atomic E-state index is 11.5. The molecule has 0 saturated carbocycles. The third-order valence-electron chi connectivity index (χ3n) is 4.72. The van der Waals surface area contributed by atoms with E-state index in [4.69, 9.17) is 15.3 Å². The zero-order valence-electron chi connectivity index (χ0n) is 15.7. The summed E-state index contributed by atoms with van der Waals surface area (Å²) in [5.74, 6) is -1.29. The standard InChI is InChI=1S/C17H33NO4Si/c1-16(2,3)23(6,7)22-12-10-13(14(18)19)9-8-11-17(4,5)15(20)21/h10H,8-9,11-12H2,1-7H3,(H2,18,19)(H,20,21). The van der Waals surface area contributed by atoms with Gasteiger partial charge in [-0.1, -0.05) is 26.8 Å². The van der Waals surface area contributed by atoms with Gasteiger partial charge in [0.25, 0.3) is 0 Å². The van der Waals surface area contributed by atoms with Crippen LogP contribution in [-0.4, -0.2) is 31.9 Å². The van der Waals surface area contributed by atoms with E-state index >= 15 is 0 Å². The van der Waals surface area contributed by atoms with Crippen LogP contribution in [0.3, 0.4) is 0 Å². The van der Waals surface area contributed by atoms with Gasteiger partial charge < -0.3 is 15.3 Å². The van der Waals surface area contributed by atoms with E-state index < -0.39 is 25.6 Å². The summed E-state index contributed by atoms with van der Waals surface area (Å²) < 4.78 is 6.02. The van der Waals surface area contributed by atoms with Crippen molar-refractivity contribution in [2.45, 2.75) is 72.0 Å². The van der Waals surface area contributed by atoms with E-state index in [-0.39, 0.29) is 5.04 Å². The Bertz CT molecular complexity index is 462. The summed E-state index contributed by atoms with van der Waals surface area (Å²) >= 11 is 0. The first-order valence-corrected chi connectivity index (χ1v) is 11.0. The molecule has 0 aliphatic rings. The molecule has 0 rings (SSSR count). The average molecular weight is 344 g/mol. The minimum atomic E-state index is -1.86. The maximum atomic E-state index is 11.5. The Labute approximate surface area is 141 Å². The molecule has 0 aromatic carbocycles. The number of carboxylic acid groups (broad SMARTS) is 1. The molecule has 0 unspecified atom stereocenters. The summed E-state index contributed by atoms with van der Waals surface area (Å²) in [6, 6.07) is 0. The molecule has 23 heavy (non-hydrogen) atoms. The largest absolute Gasteiger partial charge is 0.481 e. The van der Waals surface area contributed by atoms with Gasteiger partial charge in [0.05, 0.1) is 12.0 Å². The van der Waals surface area contributed by atoms with Crippen LogP contribution in [0, 0.1) is 5.41 Å². The predicted octanol–water partition coefficient (Wildman–Crippen LogP) is 3.70. The first-order chi connectivity index (χ1) is 10.2. The van der Waals surface area contributed by atoms with E-state index in [9.17, 15) is 9.59 Å². The third kappa shape index (κ3) is 7.31. The number of carbonyl (C=O) groups is 2. The van der Waals surface area contributed by atoms with Crippen LogP contribution in [0.4, 0.5) is 0 Å². The second-order valence-electron chi connectivity index (χ2n) is 8.21. The van der Waals surface area contributed by atoms with E-state index in [1.807, 2.05) is 0 Å². The lowest BCUT2D eigenvalue weighted by molar-refractivity contribution is -0.147. The van der Waals surface area contributed by atoms with Crippen LogP contribution in [0.25, 0.3) is 0 Å². The zero-order valence-corrected chi connectivity index (χ0v) is 16.7. The molecule has 0 radical (unpaired) electrons. The number of primary amides is 1. The molecule has 3 N–H and O–H groups in total. The van der Waals surface area contributed by atoms with Crippen molar-refractivity contribution in [3.63, 3.8) is 0 Å². The average Bonchev–Trinajstić information content (AvgIpc) is 2.34. The molecule has 1 amide bonds. The van der Waals surface area contributed by atoms with Gasteiger partial charge in [-0.05, 0) is 51.2 Å². The van der Waals surface area contributed by atoms with Gasteiger partial charge >= 0.3 is 5.97 Å². The molecule has 0 bridgehead atoms. The molecule has 0 fully saturated rings. The number of nitrogens with two attached hydrogens (primary N) is 1. The molecule has 0 heterocycles. The van der Waals surface area contributed by atoms with Crippen molar-refractivity contribution < 1.29 is 19.1 Å². The molecule has 0 aromatic heterocycles. The van der Waals surface area contributed by atoms with Crippen molar-refractivity contribution in [2.24, 2.45) is 11.1 Å². The van der Waals surface area contributed by atoms with Gasteiger partial charge in [-0.3, -0.25) is 9.59 Å². The van der Waals surface area contributed by atoms with Crippen LogP contribution in [0.1, 0.15) is 53.9 Å². The van der Waals surface area contributed by atoms with Crippen molar-refractivity contribution in [1.29, 1.82) is 0 Å². The first kappa shape index (κ1) is 21.9. The highest BCUT2D eigenvalue weighted by atomic mass is 28.4. The van der Waals surface area contributed by atoms with Crippen molar-refractivity contribution >= 4 is 20.2 Å². The van der Waals surface area contributed by atoms with Crippen LogP contribution in [0.15, 0.2) is 11.6 Å². The molecule has 0 aliphatic heterocycles. The van der Waals surface area contributed by atoms with E-state index in [2.05, 4.69) is 33.9 Å². The Kier molecular flexibility index (Phi) is 7.70. The lowest BCUT2D eigenvalue weighted by Gasteiger charge is -2.35. The summed E-state index contributed by atoms with van der Waals surface area (Å²) in [6.45, 7) is 14.5. The summed E-state index contributed by atoms with van der Waals surface area (Å²) in [6.07, 6.45) is 3.33. The SMILES string of the molecule is CC(C)(CCCC(=CCO[Si](C)(C)C(C)(C)C)C(N)=O)C(=O)O. The fourth-order valence-corrected chi connectivity index (χ4v) is 2.65. The highest BCUT2D eigenvalue weighted by molar-refractivity contribution is 6.74. The van der Waals surface area contributed by atoms with Gasteiger partial charge in [0.15, 0.2) is 8.32 Å². The van der Waals surface area contributed by atoms with Gasteiger partial charge in [-0.25, -0.2) is 0 Å². The summed E-state index contributed by atoms with van der Waals surface area (Å²) in [4.78, 5) is 22.6. The highest BCUT2D eigenvalue weighted by Gasteiger charge is 2.36. The zero-order chi connectivity index (χ0) is 18.5. The van der Waals surface area contributed by atoms with Gasteiger partial charge in [0.2, 0.25) is 5.91 Å². The van der Waals surface area contributed by atoms with Gasteiger partial charge in [0.1, 0.15) is 0 Å². The second kappa shape index (κ2) is 8.10. The molecule has 0 saturated heterocycles. The summed E-state index contributed by atoms with van der Waals surface area (Å²) in [5, 5.41) is 9.21. The van der Waals surface area contributed by atoms with E-state index in [0.717, 1.165) is 0 Å². The molecule has 6 heteroatoms. The predicted molar refractivity (Wildman–Crippen MR) is 95.7 cm³/mol. The second-order valence-corrected chi connectivity index (χ2v) is 13.0. The number of carboxylic acids is 1. The van der Waals surface area contributed by atoms with E-state index in [1.165, 1.54) is 0 Å². The van der Waals surface area contributed by atoms with Crippen molar-refractivity contribution in [3.05, 3.63) is 11.6 Å². The lowest BCUT2D eigenvalue weighted by Crippen LogP contribution is -2.40. The minimum Gasteiger partial charge on any atom is -0.481 e. The number of amides is 1. The normalized spacial score (nSPS) is 14.0. The van der Waals surface area contributed by atoms with Gasteiger partial charge in [0, 0.05) is 5.57 Å². The maximum Gasteiger partial charge on any atom is 0.309 e. The Hall–Kier alpha value is -1.14. The molecule has 5 nitrogen and oxygen atoms in total. The smallest absolute Gasteiger partial charge is 0.309 e. The van der Waals surface area contributed by atoms with Crippen LogP contribution >= 0.6 is 0 Å². The fraction of sp³-hybridized carbons (Fsp3) is 0.765. The summed E-state index contributed by atoms with van der Waals surface area (Å²) in [5.41, 5.74) is 5.14. The molecular formula is C17H33NO4Si. The topological polar surface area (TPSA) is 89.6 Å². The number of hydrogen-bond acceptors (Lipinski definition) is 3. The number of rotatable bonds is 9. The molecule has 0 aromatic rings. The van der Waals surface area contributed by atoms with Crippen LogP contribution in [0.5, 0.6) is 0 Å². The molecule has 0 atom stereocenters. The Balaban J connectivity index is 4.65. The van der Waals surface area contributed by atoms with Crippen LogP contribution in [0.2, 0.25) is 18.1 Å². The van der Waals surface area contributed by atoms with Crippen LogP contribution in [-0.2, 0) is 14.0 Å². The Morgan fingerprint density at radius 2 is 1.70 bits per heavy atom. The highest BCUT2D eigenvalue weighted by Crippen LogP contribution is 2.36. The molecule has 0 aliphatic carbocycles. The van der Waals surface area contributed by atoms with E-state index in [0.29, 0.717) is 31.4 Å². The quantitative estimate of drug-likeness (QED) is 0.493. The Morgan fingerprint density at radius 1 is 1.17 bits per heavy atom. The van der Waals surface area contributed by atoms with Gasteiger partial charge in [-0.15, -0.1) is 0 Å². The number of hydrogen-bond donors (Lipinski definition) is 2. The van der Waals surface area contributed by atoms with Crippen molar-refractivity contribution in [1.82, 2.24) is 0 Å². The van der Waals surface area contributed by atoms with Crippen molar-refractivity contribution in [2.75, 3.05) is 6.61 Å². The molecule has 0 spiro atoms. The fourth-order valence-electron chi connectivity index (χ4n) is 1.72. The monoisotopic (exact) mass is 343 g/mol. The minimum absolute atomic E-state index is 0.110. The molecular weight excluding hydrogens is 310 g/mol. The lowest BCUT2D eigenvalue weighted by atomic mass is 9.86. The van der Waals surface area contributed by atoms with E-state index in [1.54, 1.807) is 19.9 Å². The van der Waals surface area contributed by atoms with Gasteiger partial charge in [-0.2, -0.15) is 0 Å². The van der Waals surface area contributed by atoms with Crippen LogP contribution < -0.4 is 5.73 Å².